The summed E-state index contributed by atoms with van der Waals surface area (Å²) in [6.07, 6.45) is 3.39. The lowest BCUT2D eigenvalue weighted by molar-refractivity contribution is -0.136. The van der Waals surface area contributed by atoms with Crippen molar-refractivity contribution in [3.63, 3.8) is 0 Å². The van der Waals surface area contributed by atoms with Crippen LogP contribution in [-0.4, -0.2) is 54.6 Å². The van der Waals surface area contributed by atoms with E-state index >= 15 is 0 Å². The molecule has 3 heterocycles. The van der Waals surface area contributed by atoms with Gasteiger partial charge in [0.1, 0.15) is 6.17 Å². The summed E-state index contributed by atoms with van der Waals surface area (Å²) in [5.74, 6) is -0.000938. The van der Waals surface area contributed by atoms with Gasteiger partial charge < -0.3 is 15.5 Å². The summed E-state index contributed by atoms with van der Waals surface area (Å²) in [6, 6.07) is 9.96. The predicted molar refractivity (Wildman–Crippen MR) is 102 cm³/mol. The Balaban J connectivity index is 1.47. The molecule has 3 aliphatic rings. The third-order valence-corrected chi connectivity index (χ3v) is 5.70. The second-order valence-electron chi connectivity index (χ2n) is 7.57. The van der Waals surface area contributed by atoms with Gasteiger partial charge in [-0.25, -0.2) is 5.43 Å². The number of allylic oxidation sites excluding steroid dienone is 1. The first-order valence-corrected chi connectivity index (χ1v) is 9.68. The summed E-state index contributed by atoms with van der Waals surface area (Å²) in [6.45, 7) is 3.02. The van der Waals surface area contributed by atoms with E-state index in [2.05, 4.69) is 16.1 Å². The summed E-state index contributed by atoms with van der Waals surface area (Å²) in [5.41, 5.74) is 5.47. The number of nitrogens with one attached hydrogen (secondary N) is 3. The zero-order valence-corrected chi connectivity index (χ0v) is 15.6. The van der Waals surface area contributed by atoms with E-state index in [0.717, 1.165) is 37.2 Å². The van der Waals surface area contributed by atoms with Crippen LogP contribution in [0.3, 0.4) is 0 Å². The fourth-order valence-corrected chi connectivity index (χ4v) is 4.27. The van der Waals surface area contributed by atoms with Crippen molar-refractivity contribution in [1.29, 1.82) is 0 Å². The van der Waals surface area contributed by atoms with E-state index in [4.69, 9.17) is 0 Å². The molecule has 2 fully saturated rings. The van der Waals surface area contributed by atoms with Crippen molar-refractivity contribution in [3.8, 4) is 0 Å². The van der Waals surface area contributed by atoms with Gasteiger partial charge in [-0.1, -0.05) is 30.3 Å². The molecule has 2 atom stereocenters. The van der Waals surface area contributed by atoms with Gasteiger partial charge in [0.2, 0.25) is 11.8 Å². The molecule has 1 aromatic carbocycles. The molecule has 4 rings (SSSR count). The number of carbonyl (C=O) groups is 2. The van der Waals surface area contributed by atoms with E-state index in [-0.39, 0.29) is 23.9 Å². The zero-order chi connectivity index (χ0) is 18.8. The van der Waals surface area contributed by atoms with Crippen molar-refractivity contribution < 1.29 is 9.59 Å². The topological polar surface area (TPSA) is 76.7 Å². The van der Waals surface area contributed by atoms with E-state index < -0.39 is 0 Å². The van der Waals surface area contributed by atoms with Crippen LogP contribution in [0.15, 0.2) is 42.1 Å². The molecule has 0 radical (unpaired) electrons. The molecule has 3 N–H and O–H groups in total. The molecule has 7 heteroatoms. The van der Waals surface area contributed by atoms with E-state index in [1.165, 1.54) is 0 Å². The predicted octanol–water partition coefficient (Wildman–Crippen LogP) is 0.421. The Morgan fingerprint density at radius 1 is 1.22 bits per heavy atom. The molecule has 27 heavy (non-hydrogen) atoms. The average molecular weight is 369 g/mol. The molecule has 2 unspecified atom stereocenters. The van der Waals surface area contributed by atoms with Crippen molar-refractivity contribution in [3.05, 3.63) is 47.7 Å². The van der Waals surface area contributed by atoms with Gasteiger partial charge >= 0.3 is 0 Å². The number of nitrogens with zero attached hydrogens (tertiary/aromatic N) is 2. The second kappa shape index (κ2) is 7.70. The summed E-state index contributed by atoms with van der Waals surface area (Å²) >= 11 is 0. The van der Waals surface area contributed by atoms with Crippen molar-refractivity contribution in [2.45, 2.75) is 25.6 Å². The molecule has 2 amide bonds. The molecule has 7 nitrogen and oxygen atoms in total. The van der Waals surface area contributed by atoms with Gasteiger partial charge in [0.15, 0.2) is 0 Å². The molecule has 3 aliphatic heterocycles. The Kier molecular flexibility index (Phi) is 5.13. The van der Waals surface area contributed by atoms with Gasteiger partial charge in [-0.15, -0.1) is 0 Å². The highest BCUT2D eigenvalue weighted by Crippen LogP contribution is 2.31. The van der Waals surface area contributed by atoms with Crippen molar-refractivity contribution in [1.82, 2.24) is 26.0 Å². The lowest BCUT2D eigenvalue weighted by Gasteiger charge is -2.39. The summed E-state index contributed by atoms with van der Waals surface area (Å²) < 4.78 is 0. The lowest BCUT2D eigenvalue weighted by atomic mass is 9.92. The largest absolute Gasteiger partial charge is 0.341 e. The molecule has 0 aliphatic carbocycles. The van der Waals surface area contributed by atoms with Crippen LogP contribution in [-0.2, 0) is 16.1 Å². The fraction of sp³-hybridized carbons (Fsp3) is 0.500. The normalized spacial score (nSPS) is 25.6. The Hall–Kier alpha value is -2.38. The third kappa shape index (κ3) is 3.70. The highest BCUT2D eigenvalue weighted by molar-refractivity contribution is 5.90. The van der Waals surface area contributed by atoms with Crippen LogP contribution in [0, 0.1) is 11.8 Å². The van der Waals surface area contributed by atoms with Crippen LogP contribution < -0.4 is 16.1 Å². The van der Waals surface area contributed by atoms with Gasteiger partial charge in [-0.2, -0.15) is 0 Å². The zero-order valence-electron chi connectivity index (χ0n) is 15.6. The molecule has 0 saturated carbocycles. The summed E-state index contributed by atoms with van der Waals surface area (Å²) in [7, 11) is 1.83. The molecule has 0 bridgehead atoms. The van der Waals surface area contributed by atoms with Crippen LogP contribution in [0.2, 0.25) is 0 Å². The van der Waals surface area contributed by atoms with Crippen LogP contribution in [0.5, 0.6) is 0 Å². The Morgan fingerprint density at radius 3 is 2.70 bits per heavy atom. The monoisotopic (exact) mass is 369 g/mol. The number of hydrogen-bond donors (Lipinski definition) is 3. The van der Waals surface area contributed by atoms with Gasteiger partial charge in [0.05, 0.1) is 5.92 Å². The highest BCUT2D eigenvalue weighted by Gasteiger charge is 2.45. The van der Waals surface area contributed by atoms with Crippen LogP contribution in [0.25, 0.3) is 0 Å². The number of benzene rings is 1. The van der Waals surface area contributed by atoms with Crippen LogP contribution in [0.1, 0.15) is 18.4 Å². The van der Waals surface area contributed by atoms with E-state index in [1.54, 1.807) is 11.0 Å². The summed E-state index contributed by atoms with van der Waals surface area (Å²) in [5, 5.41) is 8.37. The van der Waals surface area contributed by atoms with Crippen molar-refractivity contribution >= 4 is 11.8 Å². The standard InChI is InChI=1S/C20H27N5O2/c1-24(13-14-5-3-2-4-6-14)20(27)16-12-22-25-17(11-18(26)23-19(16)25)15-7-9-21-10-8-15/h2-6,11,15-16,19,21-22H,7-10,12-13H2,1H3,(H,23,26). The number of hydrazine groups is 1. The maximum Gasteiger partial charge on any atom is 0.247 e. The van der Waals surface area contributed by atoms with Gasteiger partial charge in [0.25, 0.3) is 0 Å². The Morgan fingerprint density at radius 2 is 1.96 bits per heavy atom. The Bertz CT molecular complexity index is 729. The Labute approximate surface area is 159 Å². The third-order valence-electron chi connectivity index (χ3n) is 5.70. The maximum atomic E-state index is 13.1. The van der Waals surface area contributed by atoms with Crippen LogP contribution >= 0.6 is 0 Å². The smallest absolute Gasteiger partial charge is 0.247 e. The van der Waals surface area contributed by atoms with Crippen molar-refractivity contribution in [2.75, 3.05) is 26.7 Å². The molecule has 2 saturated heterocycles. The van der Waals surface area contributed by atoms with E-state index in [1.807, 2.05) is 42.4 Å². The molecule has 0 spiro atoms. The minimum atomic E-state index is -0.321. The van der Waals surface area contributed by atoms with Crippen LogP contribution in [0.4, 0.5) is 0 Å². The number of carbonyl (C=O) groups excluding carboxylic acids is 2. The number of rotatable bonds is 4. The minimum absolute atomic E-state index is 0.0470. The first kappa shape index (κ1) is 18.0. The summed E-state index contributed by atoms with van der Waals surface area (Å²) in [4.78, 5) is 27.1. The molecule has 0 aromatic heterocycles. The molecule has 1 aromatic rings. The number of piperidine rings is 1. The second-order valence-corrected chi connectivity index (χ2v) is 7.57. The molecular weight excluding hydrogens is 342 g/mol. The first-order chi connectivity index (χ1) is 13.1. The van der Waals surface area contributed by atoms with E-state index in [9.17, 15) is 9.59 Å². The van der Waals surface area contributed by atoms with Gasteiger partial charge in [-0.05, 0) is 31.5 Å². The lowest BCUT2D eigenvalue weighted by Crippen LogP contribution is -2.56. The fourth-order valence-electron chi connectivity index (χ4n) is 4.27. The average Bonchev–Trinajstić information content (AvgIpc) is 3.11. The minimum Gasteiger partial charge on any atom is -0.341 e. The number of amides is 2. The SMILES string of the molecule is CN(Cc1ccccc1)C(=O)C1CNN2C(C3CCNCC3)=CC(=O)NC12. The van der Waals surface area contributed by atoms with Gasteiger partial charge in [-0.3, -0.25) is 14.6 Å². The van der Waals surface area contributed by atoms with E-state index in [0.29, 0.717) is 19.0 Å². The highest BCUT2D eigenvalue weighted by atomic mass is 16.2. The molecular formula is C20H27N5O2. The first-order valence-electron chi connectivity index (χ1n) is 9.68. The quantitative estimate of drug-likeness (QED) is 0.717. The number of fused-ring (bicyclic) bond motifs is 1. The number of hydrogen-bond acceptors (Lipinski definition) is 5. The van der Waals surface area contributed by atoms with Gasteiger partial charge in [0, 0.05) is 37.8 Å². The van der Waals surface area contributed by atoms with Crippen molar-refractivity contribution in [2.24, 2.45) is 11.8 Å². The maximum absolute atomic E-state index is 13.1. The molecule has 144 valence electrons.